The van der Waals surface area contributed by atoms with Crippen LogP contribution in [0.2, 0.25) is 0 Å². The summed E-state index contributed by atoms with van der Waals surface area (Å²) >= 11 is 0. The van der Waals surface area contributed by atoms with Crippen LogP contribution in [0.5, 0.6) is 0 Å². The van der Waals surface area contributed by atoms with Crippen LogP contribution in [0.25, 0.3) is 22.4 Å². The number of hydrogen-bond acceptors (Lipinski definition) is 3. The van der Waals surface area contributed by atoms with Crippen LogP contribution in [0.3, 0.4) is 0 Å². The number of pyridine rings is 1. The van der Waals surface area contributed by atoms with Crippen LogP contribution in [0.1, 0.15) is 45.6 Å². The number of hydrogen-bond donors (Lipinski definition) is 3. The maximum Gasteiger partial charge on any atom is 0.408 e. The van der Waals surface area contributed by atoms with Crippen LogP contribution in [-0.2, 0) is 5.54 Å². The minimum Gasteiger partial charge on any atom is -0.465 e. The van der Waals surface area contributed by atoms with Crippen LogP contribution < -0.4 is 11.3 Å². The number of nitrogens with one attached hydrogen (secondary N) is 1. The number of nitrogen functional groups attached to an aromatic ring is 1. The molecule has 3 aromatic rings. The summed E-state index contributed by atoms with van der Waals surface area (Å²) in [7, 11) is 0. The largest absolute Gasteiger partial charge is 0.465 e. The van der Waals surface area contributed by atoms with Gasteiger partial charge in [0.25, 0.3) is 5.56 Å². The third-order valence-corrected chi connectivity index (χ3v) is 6.34. The van der Waals surface area contributed by atoms with E-state index >= 15 is 0 Å². The van der Waals surface area contributed by atoms with Crippen molar-refractivity contribution in [2.75, 3.05) is 5.73 Å². The lowest BCUT2D eigenvalue weighted by Crippen LogP contribution is -2.60. The minimum atomic E-state index is -0.907. The van der Waals surface area contributed by atoms with E-state index in [2.05, 4.69) is 4.98 Å². The predicted octanol–water partition coefficient (Wildman–Crippen LogP) is 5.45. The number of aromatic nitrogens is 1. The number of nitrogens with two attached hydrogens (primary N) is 1. The molecule has 1 fully saturated rings. The SMILES string of the molecule is CC(C)(C)N(C(=O)O)C1(c2ccc(-c3[nH]c(=O)c(N)cc3-c3ccccc3)cc2)CCC1. The molecular weight excluding hydrogens is 402 g/mol. The van der Waals surface area contributed by atoms with E-state index in [4.69, 9.17) is 5.73 Å². The fraction of sp³-hybridized carbons (Fsp3) is 0.308. The lowest BCUT2D eigenvalue weighted by atomic mass is 9.69. The Labute approximate surface area is 187 Å². The summed E-state index contributed by atoms with van der Waals surface area (Å²) in [5.74, 6) is 0. The van der Waals surface area contributed by atoms with E-state index in [1.54, 1.807) is 11.0 Å². The van der Waals surface area contributed by atoms with Gasteiger partial charge in [0.1, 0.15) is 0 Å². The molecule has 6 nitrogen and oxygen atoms in total. The van der Waals surface area contributed by atoms with Gasteiger partial charge in [-0.25, -0.2) is 4.79 Å². The molecule has 166 valence electrons. The number of carbonyl (C=O) groups is 1. The molecule has 32 heavy (non-hydrogen) atoms. The maximum atomic E-state index is 12.3. The Morgan fingerprint density at radius 3 is 2.16 bits per heavy atom. The second kappa shape index (κ2) is 7.86. The van der Waals surface area contributed by atoms with Crippen LogP contribution in [0, 0.1) is 0 Å². The van der Waals surface area contributed by atoms with Gasteiger partial charge in [-0.05, 0) is 62.8 Å². The molecular formula is C26H29N3O3. The van der Waals surface area contributed by atoms with Crippen LogP contribution in [0.15, 0.2) is 65.5 Å². The van der Waals surface area contributed by atoms with Gasteiger partial charge in [0.2, 0.25) is 0 Å². The number of nitrogens with zero attached hydrogens (tertiary/aromatic N) is 1. The zero-order valence-electron chi connectivity index (χ0n) is 18.7. The van der Waals surface area contributed by atoms with E-state index in [-0.39, 0.29) is 11.2 Å². The normalized spacial score (nSPS) is 15.1. The van der Waals surface area contributed by atoms with Gasteiger partial charge < -0.3 is 15.8 Å². The predicted molar refractivity (Wildman–Crippen MR) is 127 cm³/mol. The van der Waals surface area contributed by atoms with Gasteiger partial charge in [-0.1, -0.05) is 54.6 Å². The highest BCUT2D eigenvalue weighted by molar-refractivity contribution is 5.82. The molecule has 0 saturated heterocycles. The molecule has 0 spiro atoms. The summed E-state index contributed by atoms with van der Waals surface area (Å²) in [6, 6.07) is 19.3. The first kappa shape index (κ1) is 21.7. The Hall–Kier alpha value is -3.54. The molecule has 1 heterocycles. The molecule has 1 aromatic heterocycles. The highest BCUT2D eigenvalue weighted by atomic mass is 16.4. The van der Waals surface area contributed by atoms with Crippen molar-refractivity contribution in [2.24, 2.45) is 0 Å². The van der Waals surface area contributed by atoms with Gasteiger partial charge in [-0.15, -0.1) is 0 Å². The number of rotatable bonds is 4. The highest BCUT2D eigenvalue weighted by Crippen LogP contribution is 2.49. The molecule has 0 bridgehead atoms. The van der Waals surface area contributed by atoms with Gasteiger partial charge in [0.15, 0.2) is 0 Å². The molecule has 1 aliphatic rings. The first-order chi connectivity index (χ1) is 15.1. The van der Waals surface area contributed by atoms with Gasteiger partial charge >= 0.3 is 6.09 Å². The average Bonchev–Trinajstić information content (AvgIpc) is 2.72. The van der Waals surface area contributed by atoms with Crippen LogP contribution in [-0.4, -0.2) is 26.6 Å². The van der Waals surface area contributed by atoms with Crippen molar-refractivity contribution >= 4 is 11.8 Å². The lowest BCUT2D eigenvalue weighted by Gasteiger charge is -2.54. The van der Waals surface area contributed by atoms with Gasteiger partial charge in [-0.3, -0.25) is 9.69 Å². The smallest absolute Gasteiger partial charge is 0.408 e. The zero-order valence-corrected chi connectivity index (χ0v) is 18.7. The molecule has 4 rings (SSSR count). The number of anilines is 1. The van der Waals surface area contributed by atoms with E-state index in [0.29, 0.717) is 5.69 Å². The Bertz CT molecular complexity index is 1190. The summed E-state index contributed by atoms with van der Waals surface area (Å²) in [6.07, 6.45) is 1.68. The first-order valence-electron chi connectivity index (χ1n) is 10.9. The Kier molecular flexibility index (Phi) is 5.33. The minimum absolute atomic E-state index is 0.167. The molecule has 6 heteroatoms. The summed E-state index contributed by atoms with van der Waals surface area (Å²) in [4.78, 5) is 29.0. The molecule has 1 saturated carbocycles. The Morgan fingerprint density at radius 1 is 1.03 bits per heavy atom. The van der Waals surface area contributed by atoms with Crippen LogP contribution >= 0.6 is 0 Å². The van der Waals surface area contributed by atoms with Gasteiger partial charge in [-0.2, -0.15) is 0 Å². The summed E-state index contributed by atoms with van der Waals surface area (Å²) < 4.78 is 0. The summed E-state index contributed by atoms with van der Waals surface area (Å²) in [5, 5.41) is 10.00. The maximum absolute atomic E-state index is 12.3. The van der Waals surface area contributed by atoms with Crippen molar-refractivity contribution in [1.29, 1.82) is 0 Å². The number of carboxylic acid groups (broad SMARTS) is 1. The van der Waals surface area contributed by atoms with Gasteiger partial charge in [0.05, 0.1) is 16.9 Å². The van der Waals surface area contributed by atoms with Crippen molar-refractivity contribution in [3.63, 3.8) is 0 Å². The number of amides is 1. The van der Waals surface area contributed by atoms with E-state index in [9.17, 15) is 14.7 Å². The lowest BCUT2D eigenvalue weighted by molar-refractivity contribution is -0.0327. The number of aromatic amines is 1. The monoisotopic (exact) mass is 431 g/mol. The topological polar surface area (TPSA) is 99.4 Å². The van der Waals surface area contributed by atoms with E-state index in [1.165, 1.54) is 0 Å². The number of benzene rings is 2. The zero-order chi connectivity index (χ0) is 23.1. The van der Waals surface area contributed by atoms with Crippen molar-refractivity contribution in [3.8, 4) is 22.4 Å². The number of H-pyrrole nitrogens is 1. The molecule has 0 atom stereocenters. The highest BCUT2D eigenvalue weighted by Gasteiger charge is 2.50. The molecule has 0 unspecified atom stereocenters. The first-order valence-corrected chi connectivity index (χ1v) is 10.9. The molecule has 0 aliphatic heterocycles. The molecule has 2 aromatic carbocycles. The van der Waals surface area contributed by atoms with Crippen LogP contribution in [0.4, 0.5) is 10.5 Å². The van der Waals surface area contributed by atoms with E-state index in [1.807, 2.05) is 75.4 Å². The van der Waals surface area contributed by atoms with E-state index in [0.717, 1.165) is 41.5 Å². The van der Waals surface area contributed by atoms with Crippen molar-refractivity contribution in [3.05, 3.63) is 76.6 Å². The Morgan fingerprint density at radius 2 is 1.66 bits per heavy atom. The van der Waals surface area contributed by atoms with Crippen molar-refractivity contribution < 1.29 is 9.90 Å². The molecule has 4 N–H and O–H groups in total. The van der Waals surface area contributed by atoms with E-state index < -0.39 is 17.2 Å². The molecule has 0 radical (unpaired) electrons. The third-order valence-electron chi connectivity index (χ3n) is 6.34. The third kappa shape index (κ3) is 3.66. The summed E-state index contributed by atoms with van der Waals surface area (Å²) in [6.45, 7) is 5.79. The Balaban J connectivity index is 1.79. The van der Waals surface area contributed by atoms with Crippen molar-refractivity contribution in [2.45, 2.75) is 51.1 Å². The molecule has 1 amide bonds. The standard InChI is InChI=1S/C26H29N3O3/c1-25(2,3)29(24(31)32)26(14-7-15-26)19-12-10-18(11-13-19)22-20(16-21(27)23(30)28-22)17-8-5-4-6-9-17/h4-6,8-13,16H,7,14-15,27H2,1-3H3,(H,28,30)(H,31,32). The summed E-state index contributed by atoms with van der Waals surface area (Å²) in [5.41, 5.74) is 9.00. The van der Waals surface area contributed by atoms with Gasteiger partial charge in [0, 0.05) is 11.1 Å². The fourth-order valence-electron chi connectivity index (χ4n) is 4.83. The van der Waals surface area contributed by atoms with Crippen molar-refractivity contribution in [1.82, 2.24) is 9.88 Å². The second-order valence-electron chi connectivity index (χ2n) is 9.46. The fourth-order valence-corrected chi connectivity index (χ4v) is 4.83. The second-order valence-corrected chi connectivity index (χ2v) is 9.46. The average molecular weight is 432 g/mol. The quantitative estimate of drug-likeness (QED) is 0.511. The molecule has 1 aliphatic carbocycles.